The predicted octanol–water partition coefficient (Wildman–Crippen LogP) is 4.18. The number of hydrogen-bond donors (Lipinski definition) is 1. The van der Waals surface area contributed by atoms with Crippen molar-refractivity contribution >= 4 is 17.6 Å². The lowest BCUT2D eigenvalue weighted by atomic mass is 9.97. The van der Waals surface area contributed by atoms with Gasteiger partial charge in [-0.25, -0.2) is 4.79 Å². The Morgan fingerprint density at radius 2 is 1.92 bits per heavy atom. The third kappa shape index (κ3) is 5.73. The van der Waals surface area contributed by atoms with Crippen LogP contribution in [-0.2, 0) is 14.3 Å². The molecule has 0 bridgehead atoms. The smallest absolute Gasteiger partial charge is 0.341 e. The molecule has 1 amide bonds. The average molecular weight is 365 g/mol. The van der Waals surface area contributed by atoms with E-state index in [9.17, 15) is 9.59 Å². The van der Waals surface area contributed by atoms with Crippen LogP contribution in [0.25, 0.3) is 0 Å². The molecule has 6 nitrogen and oxygen atoms in total. The van der Waals surface area contributed by atoms with Crippen molar-refractivity contribution in [3.05, 3.63) is 23.8 Å². The number of unbranched alkanes of at least 4 members (excludes halogenated alkanes) is 1. The van der Waals surface area contributed by atoms with Crippen molar-refractivity contribution < 1.29 is 23.8 Å². The topological polar surface area (TPSA) is 73.9 Å². The monoisotopic (exact) mass is 365 g/mol. The Morgan fingerprint density at radius 3 is 2.46 bits per heavy atom. The van der Waals surface area contributed by atoms with Gasteiger partial charge >= 0.3 is 5.97 Å². The van der Waals surface area contributed by atoms with E-state index in [1.165, 1.54) is 14.2 Å². The summed E-state index contributed by atoms with van der Waals surface area (Å²) in [6.45, 7) is 7.75. The number of amides is 1. The summed E-state index contributed by atoms with van der Waals surface area (Å²) in [7, 11) is 2.84. The SMILES string of the molecule is CCCC[C@](C)(OC)C(=O)Nc1ccc(O[C@@H](C)CC)c(C(=O)OC)c1. The minimum atomic E-state index is -0.923. The second-order valence-corrected chi connectivity index (χ2v) is 6.53. The molecule has 146 valence electrons. The molecule has 1 N–H and O–H groups in total. The number of anilines is 1. The van der Waals surface area contributed by atoms with E-state index >= 15 is 0 Å². The molecule has 0 aromatic heterocycles. The first kappa shape index (κ1) is 22.0. The summed E-state index contributed by atoms with van der Waals surface area (Å²) in [6.07, 6.45) is 3.24. The van der Waals surface area contributed by atoms with Crippen LogP contribution in [0.15, 0.2) is 18.2 Å². The molecule has 0 heterocycles. The van der Waals surface area contributed by atoms with Crippen LogP contribution in [0.2, 0.25) is 0 Å². The van der Waals surface area contributed by atoms with E-state index in [1.807, 2.05) is 13.8 Å². The molecule has 0 radical (unpaired) electrons. The molecule has 26 heavy (non-hydrogen) atoms. The van der Waals surface area contributed by atoms with E-state index in [1.54, 1.807) is 25.1 Å². The van der Waals surface area contributed by atoms with Gasteiger partial charge in [-0.2, -0.15) is 0 Å². The van der Waals surface area contributed by atoms with E-state index in [-0.39, 0.29) is 17.6 Å². The van der Waals surface area contributed by atoms with Crippen LogP contribution >= 0.6 is 0 Å². The van der Waals surface area contributed by atoms with Gasteiger partial charge in [-0.05, 0) is 44.9 Å². The normalized spacial score (nSPS) is 14.2. The molecule has 0 spiro atoms. The van der Waals surface area contributed by atoms with Gasteiger partial charge in [0.05, 0.1) is 13.2 Å². The fraction of sp³-hybridized carbons (Fsp3) is 0.600. The van der Waals surface area contributed by atoms with Gasteiger partial charge in [-0.3, -0.25) is 4.79 Å². The van der Waals surface area contributed by atoms with Crippen molar-refractivity contribution in [2.75, 3.05) is 19.5 Å². The highest BCUT2D eigenvalue weighted by Crippen LogP contribution is 2.27. The Labute approximate surface area is 156 Å². The molecule has 0 unspecified atom stereocenters. The van der Waals surface area contributed by atoms with Crippen LogP contribution < -0.4 is 10.1 Å². The van der Waals surface area contributed by atoms with Gasteiger partial charge in [-0.1, -0.05) is 26.7 Å². The molecular formula is C20H31NO5. The maximum absolute atomic E-state index is 12.6. The van der Waals surface area contributed by atoms with E-state index in [4.69, 9.17) is 14.2 Å². The lowest BCUT2D eigenvalue weighted by Gasteiger charge is -2.27. The fourth-order valence-corrected chi connectivity index (χ4v) is 2.37. The summed E-state index contributed by atoms with van der Waals surface area (Å²) in [5, 5.41) is 2.83. The maximum Gasteiger partial charge on any atom is 0.341 e. The fourth-order valence-electron chi connectivity index (χ4n) is 2.37. The first-order chi connectivity index (χ1) is 12.3. The van der Waals surface area contributed by atoms with Gasteiger partial charge in [0.1, 0.15) is 16.9 Å². The standard InChI is InChI=1S/C20H31NO5/c1-7-9-12-20(4,25-6)19(23)21-15-10-11-17(26-14(3)8-2)16(13-15)18(22)24-5/h10-11,13-14H,7-9,12H2,1-6H3,(H,21,23)/t14-,20-/m0/s1. The zero-order valence-electron chi connectivity index (χ0n) is 16.7. The molecule has 0 aliphatic heterocycles. The molecule has 1 rings (SSSR count). The molecule has 0 fully saturated rings. The Balaban J connectivity index is 3.06. The summed E-state index contributed by atoms with van der Waals surface area (Å²) in [5.74, 6) is -0.329. The van der Waals surface area contributed by atoms with E-state index in [0.29, 0.717) is 17.9 Å². The van der Waals surface area contributed by atoms with Crippen molar-refractivity contribution in [3.63, 3.8) is 0 Å². The number of carbonyl (C=O) groups is 2. The number of methoxy groups -OCH3 is 2. The minimum Gasteiger partial charge on any atom is -0.490 e. The Bertz CT molecular complexity index is 616. The number of esters is 1. The first-order valence-electron chi connectivity index (χ1n) is 9.06. The van der Waals surface area contributed by atoms with Gasteiger partial charge in [0.25, 0.3) is 5.91 Å². The highest BCUT2D eigenvalue weighted by atomic mass is 16.5. The molecular weight excluding hydrogens is 334 g/mol. The zero-order valence-corrected chi connectivity index (χ0v) is 16.7. The maximum atomic E-state index is 12.6. The second-order valence-electron chi connectivity index (χ2n) is 6.53. The summed E-state index contributed by atoms with van der Waals surface area (Å²) in [5.41, 5.74) is -0.155. The van der Waals surface area contributed by atoms with E-state index in [2.05, 4.69) is 12.2 Å². The van der Waals surface area contributed by atoms with Crippen LogP contribution in [-0.4, -0.2) is 37.8 Å². The number of benzene rings is 1. The third-order valence-electron chi connectivity index (χ3n) is 4.48. The van der Waals surface area contributed by atoms with Crippen LogP contribution in [0.5, 0.6) is 5.75 Å². The number of hydrogen-bond acceptors (Lipinski definition) is 5. The quantitative estimate of drug-likeness (QED) is 0.630. The molecule has 0 saturated heterocycles. The van der Waals surface area contributed by atoms with Crippen molar-refractivity contribution in [1.82, 2.24) is 0 Å². The molecule has 2 atom stereocenters. The Kier molecular flexibility index (Phi) is 8.58. The van der Waals surface area contributed by atoms with E-state index < -0.39 is 11.6 Å². The van der Waals surface area contributed by atoms with Crippen molar-refractivity contribution in [2.24, 2.45) is 0 Å². The third-order valence-corrected chi connectivity index (χ3v) is 4.48. The summed E-state index contributed by atoms with van der Waals surface area (Å²) < 4.78 is 16.1. The predicted molar refractivity (Wildman–Crippen MR) is 102 cm³/mol. The molecule has 0 aliphatic rings. The largest absolute Gasteiger partial charge is 0.490 e. The van der Waals surface area contributed by atoms with Crippen LogP contribution in [0.1, 0.15) is 63.7 Å². The number of rotatable bonds is 10. The van der Waals surface area contributed by atoms with E-state index in [0.717, 1.165) is 19.3 Å². The Morgan fingerprint density at radius 1 is 1.23 bits per heavy atom. The number of carbonyl (C=O) groups excluding carboxylic acids is 2. The first-order valence-corrected chi connectivity index (χ1v) is 9.06. The molecule has 0 saturated carbocycles. The van der Waals surface area contributed by atoms with Gasteiger partial charge in [0.15, 0.2) is 0 Å². The number of nitrogens with one attached hydrogen (secondary N) is 1. The number of ether oxygens (including phenoxy) is 3. The summed E-state index contributed by atoms with van der Waals surface area (Å²) in [4.78, 5) is 24.7. The molecule has 1 aromatic carbocycles. The highest BCUT2D eigenvalue weighted by molar-refractivity contribution is 5.99. The van der Waals surface area contributed by atoms with Gasteiger partial charge in [0, 0.05) is 12.8 Å². The molecule has 0 aliphatic carbocycles. The molecule has 6 heteroatoms. The lowest BCUT2D eigenvalue weighted by Crippen LogP contribution is -2.42. The Hall–Kier alpha value is -2.08. The average Bonchev–Trinajstić information content (AvgIpc) is 2.66. The van der Waals surface area contributed by atoms with Gasteiger partial charge in [0.2, 0.25) is 0 Å². The van der Waals surface area contributed by atoms with Crippen molar-refractivity contribution in [3.8, 4) is 5.75 Å². The lowest BCUT2D eigenvalue weighted by molar-refractivity contribution is -0.136. The highest BCUT2D eigenvalue weighted by Gasteiger charge is 2.32. The summed E-state index contributed by atoms with van der Waals surface area (Å²) >= 11 is 0. The zero-order chi connectivity index (χ0) is 19.7. The van der Waals surface area contributed by atoms with Crippen molar-refractivity contribution in [2.45, 2.75) is 65.1 Å². The second kappa shape index (κ2) is 10.2. The van der Waals surface area contributed by atoms with Gasteiger partial charge in [-0.15, -0.1) is 0 Å². The van der Waals surface area contributed by atoms with Gasteiger partial charge < -0.3 is 19.5 Å². The summed E-state index contributed by atoms with van der Waals surface area (Å²) in [6, 6.07) is 4.94. The minimum absolute atomic E-state index is 0.0373. The van der Waals surface area contributed by atoms with Crippen LogP contribution in [0.3, 0.4) is 0 Å². The molecule has 1 aromatic rings. The van der Waals surface area contributed by atoms with Crippen LogP contribution in [0.4, 0.5) is 5.69 Å². The van der Waals surface area contributed by atoms with Crippen LogP contribution in [0, 0.1) is 0 Å². The van der Waals surface area contributed by atoms with Crippen molar-refractivity contribution in [1.29, 1.82) is 0 Å².